The van der Waals surface area contributed by atoms with E-state index in [9.17, 15) is 22.4 Å². The molecule has 1 atom stereocenters. The van der Waals surface area contributed by atoms with Crippen LogP contribution in [-0.2, 0) is 32.6 Å². The third-order valence-corrected chi connectivity index (χ3v) is 6.93. The number of hydrogen-bond acceptors (Lipinski definition) is 4. The fourth-order valence-electron chi connectivity index (χ4n) is 4.02. The number of sulfonamides is 1. The molecule has 0 bridgehead atoms. The number of amides is 2. The Kier molecular flexibility index (Phi) is 9.27. The van der Waals surface area contributed by atoms with E-state index in [4.69, 9.17) is 0 Å². The number of benzene rings is 3. The van der Waals surface area contributed by atoms with Gasteiger partial charge >= 0.3 is 0 Å². The maximum Gasteiger partial charge on any atom is 0.244 e. The molecule has 0 aliphatic carbocycles. The van der Waals surface area contributed by atoms with Gasteiger partial charge in [-0.15, -0.1) is 0 Å². The zero-order valence-electron chi connectivity index (χ0n) is 22.1. The number of hydrogen-bond donors (Lipinski definition) is 1. The van der Waals surface area contributed by atoms with E-state index in [0.29, 0.717) is 5.69 Å². The Morgan fingerprint density at radius 3 is 2.00 bits per heavy atom. The first-order valence-corrected chi connectivity index (χ1v) is 14.1. The molecule has 0 aliphatic heterocycles. The Morgan fingerprint density at radius 2 is 1.45 bits per heavy atom. The fraction of sp³-hybridized carbons (Fsp3) is 0.310. The minimum Gasteiger partial charge on any atom is -0.350 e. The van der Waals surface area contributed by atoms with Gasteiger partial charge in [0.15, 0.2) is 0 Å². The third kappa shape index (κ3) is 8.14. The van der Waals surface area contributed by atoms with E-state index in [0.717, 1.165) is 16.1 Å². The average molecular weight is 540 g/mol. The minimum absolute atomic E-state index is 0.160. The molecule has 38 heavy (non-hydrogen) atoms. The summed E-state index contributed by atoms with van der Waals surface area (Å²) in [7, 11) is -3.85. The zero-order valence-corrected chi connectivity index (χ0v) is 22.9. The highest BCUT2D eigenvalue weighted by molar-refractivity contribution is 7.92. The number of halogens is 1. The molecule has 0 aliphatic rings. The van der Waals surface area contributed by atoms with E-state index >= 15 is 0 Å². The standard InChI is InChI=1S/C29H34FN3O4S/c1-29(2,3)31-28(35)26(19-22-13-7-5-8-14-22)32(20-23-15-11-12-18-25(23)30)27(34)21-33(38(4,36)37)24-16-9-6-10-17-24/h5-18,26H,19-21H2,1-4H3,(H,31,35)/t26-/m0/s1. The van der Waals surface area contributed by atoms with Crippen LogP contribution in [0.1, 0.15) is 31.9 Å². The molecule has 0 fully saturated rings. The molecule has 0 radical (unpaired) electrons. The van der Waals surface area contributed by atoms with Crippen LogP contribution >= 0.6 is 0 Å². The molecule has 0 spiro atoms. The van der Waals surface area contributed by atoms with E-state index in [1.54, 1.807) is 48.5 Å². The quantitative estimate of drug-likeness (QED) is 0.420. The topological polar surface area (TPSA) is 86.8 Å². The normalized spacial score (nSPS) is 12.4. The van der Waals surface area contributed by atoms with Gasteiger partial charge in [-0.3, -0.25) is 13.9 Å². The lowest BCUT2D eigenvalue weighted by Gasteiger charge is -2.35. The van der Waals surface area contributed by atoms with Crippen molar-refractivity contribution in [2.24, 2.45) is 0 Å². The summed E-state index contributed by atoms with van der Waals surface area (Å²) in [5.41, 5.74) is 0.735. The highest BCUT2D eigenvalue weighted by Crippen LogP contribution is 2.21. The van der Waals surface area contributed by atoms with Crippen molar-refractivity contribution in [2.75, 3.05) is 17.1 Å². The van der Waals surface area contributed by atoms with E-state index < -0.39 is 45.8 Å². The van der Waals surface area contributed by atoms with Crippen LogP contribution in [0.25, 0.3) is 0 Å². The largest absolute Gasteiger partial charge is 0.350 e. The number of carbonyl (C=O) groups excluding carboxylic acids is 2. The van der Waals surface area contributed by atoms with E-state index in [-0.39, 0.29) is 18.5 Å². The van der Waals surface area contributed by atoms with Crippen molar-refractivity contribution in [1.29, 1.82) is 0 Å². The van der Waals surface area contributed by atoms with Crippen LogP contribution in [0.2, 0.25) is 0 Å². The molecule has 3 aromatic carbocycles. The molecule has 202 valence electrons. The van der Waals surface area contributed by atoms with E-state index in [1.165, 1.54) is 11.0 Å². The van der Waals surface area contributed by atoms with Crippen LogP contribution in [-0.4, -0.2) is 49.5 Å². The molecule has 0 heterocycles. The van der Waals surface area contributed by atoms with Gasteiger partial charge in [0.1, 0.15) is 18.4 Å². The smallest absolute Gasteiger partial charge is 0.244 e. The first-order chi connectivity index (χ1) is 17.8. The van der Waals surface area contributed by atoms with Crippen LogP contribution in [0.5, 0.6) is 0 Å². The third-order valence-electron chi connectivity index (χ3n) is 5.79. The molecule has 9 heteroatoms. The average Bonchev–Trinajstić information content (AvgIpc) is 2.85. The molecular weight excluding hydrogens is 505 g/mol. The van der Waals surface area contributed by atoms with Crippen LogP contribution in [0.4, 0.5) is 10.1 Å². The van der Waals surface area contributed by atoms with E-state index in [1.807, 2.05) is 51.1 Å². The summed E-state index contributed by atoms with van der Waals surface area (Å²) in [6.45, 7) is 4.72. The Hall–Kier alpha value is -3.72. The Bertz CT molecular complexity index is 1340. The van der Waals surface area contributed by atoms with Crippen molar-refractivity contribution < 1.29 is 22.4 Å². The molecular formula is C29H34FN3O4S. The van der Waals surface area contributed by atoms with Crippen molar-refractivity contribution in [2.45, 2.75) is 45.3 Å². The lowest BCUT2D eigenvalue weighted by molar-refractivity contribution is -0.140. The van der Waals surface area contributed by atoms with Gasteiger partial charge in [-0.05, 0) is 44.5 Å². The summed E-state index contributed by atoms with van der Waals surface area (Å²) in [5, 5.41) is 2.93. The van der Waals surface area contributed by atoms with Crippen molar-refractivity contribution in [1.82, 2.24) is 10.2 Å². The van der Waals surface area contributed by atoms with Crippen molar-refractivity contribution in [3.63, 3.8) is 0 Å². The molecule has 0 saturated carbocycles. The van der Waals surface area contributed by atoms with Gasteiger partial charge in [0.2, 0.25) is 21.8 Å². The highest BCUT2D eigenvalue weighted by Gasteiger charge is 2.34. The van der Waals surface area contributed by atoms with Gasteiger partial charge in [-0.25, -0.2) is 12.8 Å². The highest BCUT2D eigenvalue weighted by atomic mass is 32.2. The lowest BCUT2D eigenvalue weighted by atomic mass is 10.0. The second-order valence-electron chi connectivity index (χ2n) is 10.2. The lowest BCUT2D eigenvalue weighted by Crippen LogP contribution is -2.56. The fourth-order valence-corrected chi connectivity index (χ4v) is 4.87. The molecule has 0 saturated heterocycles. The molecule has 2 amide bonds. The summed E-state index contributed by atoms with van der Waals surface area (Å²) in [5.74, 6) is -1.58. The number of nitrogens with zero attached hydrogens (tertiary/aromatic N) is 2. The van der Waals surface area contributed by atoms with Gasteiger partial charge in [-0.2, -0.15) is 0 Å². The molecule has 0 unspecified atom stereocenters. The second kappa shape index (κ2) is 12.2. The van der Waals surface area contributed by atoms with Gasteiger partial charge in [0, 0.05) is 24.1 Å². The number of carbonyl (C=O) groups is 2. The summed E-state index contributed by atoms with van der Waals surface area (Å²) in [4.78, 5) is 28.8. The maximum absolute atomic E-state index is 14.7. The molecule has 3 rings (SSSR count). The van der Waals surface area contributed by atoms with Crippen LogP contribution in [0.3, 0.4) is 0 Å². The van der Waals surface area contributed by atoms with E-state index in [2.05, 4.69) is 5.32 Å². The van der Waals surface area contributed by atoms with Crippen molar-refractivity contribution >= 4 is 27.5 Å². The van der Waals surface area contributed by atoms with Crippen LogP contribution in [0.15, 0.2) is 84.9 Å². The predicted molar refractivity (Wildman–Crippen MR) is 147 cm³/mol. The van der Waals surface area contributed by atoms with Gasteiger partial charge < -0.3 is 10.2 Å². The maximum atomic E-state index is 14.7. The summed E-state index contributed by atoms with van der Waals surface area (Å²) in [6, 6.07) is 22.4. The summed E-state index contributed by atoms with van der Waals surface area (Å²) < 4.78 is 41.1. The zero-order chi connectivity index (χ0) is 27.9. The molecule has 0 aromatic heterocycles. The van der Waals surface area contributed by atoms with Crippen molar-refractivity contribution in [3.8, 4) is 0 Å². The van der Waals surface area contributed by atoms with Gasteiger partial charge in [-0.1, -0.05) is 66.7 Å². The SMILES string of the molecule is CC(C)(C)NC(=O)[C@H](Cc1ccccc1)N(Cc1ccccc1F)C(=O)CN(c1ccccc1)S(C)(=O)=O. The Labute approximate surface area is 224 Å². The number of anilines is 1. The number of rotatable bonds is 10. The first-order valence-electron chi connectivity index (χ1n) is 12.3. The van der Waals surface area contributed by atoms with Gasteiger partial charge in [0.05, 0.1) is 11.9 Å². The molecule has 3 aromatic rings. The van der Waals surface area contributed by atoms with Crippen molar-refractivity contribution in [3.05, 3.63) is 102 Å². The Morgan fingerprint density at radius 1 is 0.895 bits per heavy atom. The van der Waals surface area contributed by atoms with Crippen LogP contribution in [0, 0.1) is 5.82 Å². The minimum atomic E-state index is -3.85. The first kappa shape index (κ1) is 28.8. The number of para-hydroxylation sites is 1. The number of nitrogens with one attached hydrogen (secondary N) is 1. The predicted octanol–water partition coefficient (Wildman–Crippen LogP) is 4.15. The Balaban J connectivity index is 2.07. The van der Waals surface area contributed by atoms with Crippen LogP contribution < -0.4 is 9.62 Å². The van der Waals surface area contributed by atoms with Gasteiger partial charge in [0.25, 0.3) is 0 Å². The second-order valence-corrected chi connectivity index (χ2v) is 12.1. The monoisotopic (exact) mass is 539 g/mol. The molecule has 1 N–H and O–H groups in total. The summed E-state index contributed by atoms with van der Waals surface area (Å²) >= 11 is 0. The molecule has 7 nitrogen and oxygen atoms in total. The summed E-state index contributed by atoms with van der Waals surface area (Å²) in [6.07, 6.45) is 1.18.